The molecule has 3 rings (SSSR count). The first-order chi connectivity index (χ1) is 12.4. The molecule has 3 aromatic rings. The Bertz CT molecular complexity index is 977. The van der Waals surface area contributed by atoms with E-state index in [0.717, 1.165) is 17.8 Å². The maximum absolute atomic E-state index is 13.2. The Hall–Kier alpha value is -3.35. The van der Waals surface area contributed by atoms with E-state index < -0.39 is 23.3 Å². The molecule has 0 aliphatic rings. The number of nitrogens with one attached hydrogen (secondary N) is 1. The molecule has 132 valence electrons. The lowest BCUT2D eigenvalue weighted by atomic mass is 10.1. The molecule has 2 aromatic carbocycles. The van der Waals surface area contributed by atoms with Crippen LogP contribution in [-0.2, 0) is 4.79 Å². The number of hydrogen-bond donors (Lipinski definition) is 1. The summed E-state index contributed by atoms with van der Waals surface area (Å²) in [6.07, 6.45) is 0. The Morgan fingerprint density at radius 1 is 1.00 bits per heavy atom. The number of aromatic nitrogens is 2. The van der Waals surface area contributed by atoms with E-state index in [0.29, 0.717) is 17.5 Å². The van der Waals surface area contributed by atoms with Crippen LogP contribution in [-0.4, -0.2) is 21.5 Å². The molecule has 0 aliphatic heterocycles. The fraction of sp³-hybridized carbons (Fsp3) is 0.105. The van der Waals surface area contributed by atoms with Crippen molar-refractivity contribution in [2.45, 2.75) is 13.8 Å². The Morgan fingerprint density at radius 2 is 1.62 bits per heavy atom. The van der Waals surface area contributed by atoms with Crippen LogP contribution in [0.1, 0.15) is 21.7 Å². The highest BCUT2D eigenvalue weighted by atomic mass is 19.1. The van der Waals surface area contributed by atoms with Crippen molar-refractivity contribution in [3.63, 3.8) is 0 Å². The standard InChI is InChI=1S/C19H15F2N3O2/c1-11-17(12(2)24(23-11)16-6-4-3-5-7-16)18(25)19(26)22-15-9-13(20)8-14(21)10-15/h3-10H,1-2H3,(H,22,26). The Morgan fingerprint density at radius 3 is 2.23 bits per heavy atom. The topological polar surface area (TPSA) is 64.0 Å². The number of carbonyl (C=O) groups is 2. The molecule has 7 heteroatoms. The lowest BCUT2D eigenvalue weighted by Gasteiger charge is -2.06. The first-order valence-corrected chi connectivity index (χ1v) is 7.80. The number of hydrogen-bond acceptors (Lipinski definition) is 3. The number of aryl methyl sites for hydroxylation is 1. The number of rotatable bonds is 4. The second-order valence-electron chi connectivity index (χ2n) is 5.73. The van der Waals surface area contributed by atoms with E-state index in [1.807, 2.05) is 30.3 Å². The molecule has 0 saturated heterocycles. The maximum Gasteiger partial charge on any atom is 0.296 e. The maximum atomic E-state index is 13.2. The van der Waals surface area contributed by atoms with Gasteiger partial charge in [0.15, 0.2) is 0 Å². The largest absolute Gasteiger partial charge is 0.319 e. The van der Waals surface area contributed by atoms with Crippen LogP contribution in [0.15, 0.2) is 48.5 Å². The van der Waals surface area contributed by atoms with Gasteiger partial charge in [-0.15, -0.1) is 0 Å². The van der Waals surface area contributed by atoms with Crippen LogP contribution in [0.25, 0.3) is 5.69 Å². The van der Waals surface area contributed by atoms with Gasteiger partial charge in [0.25, 0.3) is 11.7 Å². The van der Waals surface area contributed by atoms with Crippen molar-refractivity contribution in [1.82, 2.24) is 9.78 Å². The molecule has 0 spiro atoms. The average Bonchev–Trinajstić information content (AvgIpc) is 2.88. The summed E-state index contributed by atoms with van der Waals surface area (Å²) in [4.78, 5) is 24.8. The summed E-state index contributed by atoms with van der Waals surface area (Å²) in [5, 5.41) is 6.53. The van der Waals surface area contributed by atoms with Gasteiger partial charge >= 0.3 is 0 Å². The molecule has 0 atom stereocenters. The summed E-state index contributed by atoms with van der Waals surface area (Å²) in [5.41, 5.74) is 1.66. The highest BCUT2D eigenvalue weighted by Crippen LogP contribution is 2.19. The number of amides is 1. The third kappa shape index (κ3) is 3.37. The fourth-order valence-corrected chi connectivity index (χ4v) is 2.72. The first-order valence-electron chi connectivity index (χ1n) is 7.80. The minimum Gasteiger partial charge on any atom is -0.319 e. The van der Waals surface area contributed by atoms with E-state index >= 15 is 0 Å². The molecule has 0 aliphatic carbocycles. The molecule has 0 fully saturated rings. The third-order valence-corrected chi connectivity index (χ3v) is 3.85. The highest BCUT2D eigenvalue weighted by molar-refractivity contribution is 6.47. The van der Waals surface area contributed by atoms with Gasteiger partial charge in [-0.05, 0) is 38.1 Å². The molecular formula is C19H15F2N3O2. The molecule has 0 unspecified atom stereocenters. The molecule has 1 amide bonds. The predicted octanol–water partition coefficient (Wildman–Crippen LogP) is 3.59. The number of para-hydroxylation sites is 1. The average molecular weight is 355 g/mol. The summed E-state index contributed by atoms with van der Waals surface area (Å²) < 4.78 is 28.0. The van der Waals surface area contributed by atoms with Gasteiger partial charge < -0.3 is 5.32 Å². The number of anilines is 1. The quantitative estimate of drug-likeness (QED) is 0.575. The minimum absolute atomic E-state index is 0.133. The summed E-state index contributed by atoms with van der Waals surface area (Å²) in [7, 11) is 0. The number of benzene rings is 2. The van der Waals surface area contributed by atoms with Crippen LogP contribution in [0.3, 0.4) is 0 Å². The van der Waals surface area contributed by atoms with Crippen LogP contribution in [0, 0.1) is 25.5 Å². The Balaban J connectivity index is 1.90. The van der Waals surface area contributed by atoms with E-state index in [4.69, 9.17) is 0 Å². The van der Waals surface area contributed by atoms with Crippen molar-refractivity contribution in [1.29, 1.82) is 0 Å². The number of halogens is 2. The molecule has 0 bridgehead atoms. The fourth-order valence-electron chi connectivity index (χ4n) is 2.72. The van der Waals surface area contributed by atoms with Crippen LogP contribution in [0.2, 0.25) is 0 Å². The summed E-state index contributed by atoms with van der Waals surface area (Å²) >= 11 is 0. The number of ketones is 1. The zero-order valence-corrected chi connectivity index (χ0v) is 14.1. The number of nitrogens with zero attached hydrogens (tertiary/aromatic N) is 2. The van der Waals surface area contributed by atoms with Crippen LogP contribution in [0.4, 0.5) is 14.5 Å². The van der Waals surface area contributed by atoms with Gasteiger partial charge in [-0.2, -0.15) is 5.10 Å². The molecule has 0 radical (unpaired) electrons. The Kier molecular flexibility index (Phi) is 4.62. The summed E-state index contributed by atoms with van der Waals surface area (Å²) in [5.74, 6) is -3.52. The second-order valence-corrected chi connectivity index (χ2v) is 5.73. The SMILES string of the molecule is Cc1nn(-c2ccccc2)c(C)c1C(=O)C(=O)Nc1cc(F)cc(F)c1. The van der Waals surface area contributed by atoms with Gasteiger partial charge in [-0.1, -0.05) is 18.2 Å². The highest BCUT2D eigenvalue weighted by Gasteiger charge is 2.25. The molecule has 1 N–H and O–H groups in total. The molecule has 1 heterocycles. The summed E-state index contributed by atoms with van der Waals surface area (Å²) in [6, 6.07) is 11.7. The Labute approximate surface area is 148 Å². The monoisotopic (exact) mass is 355 g/mol. The molecule has 0 saturated carbocycles. The zero-order chi connectivity index (χ0) is 18.8. The van der Waals surface area contributed by atoms with Gasteiger partial charge in [0.2, 0.25) is 0 Å². The summed E-state index contributed by atoms with van der Waals surface area (Å²) in [6.45, 7) is 3.30. The molecular weight excluding hydrogens is 340 g/mol. The van der Waals surface area contributed by atoms with E-state index in [1.165, 1.54) is 0 Å². The van der Waals surface area contributed by atoms with Crippen molar-refractivity contribution in [2.24, 2.45) is 0 Å². The van der Waals surface area contributed by atoms with Gasteiger partial charge in [-0.3, -0.25) is 9.59 Å². The van der Waals surface area contributed by atoms with Crippen molar-refractivity contribution >= 4 is 17.4 Å². The van der Waals surface area contributed by atoms with Crippen LogP contribution >= 0.6 is 0 Å². The van der Waals surface area contributed by atoms with Gasteiger partial charge in [0, 0.05) is 11.8 Å². The minimum atomic E-state index is -0.992. The lowest BCUT2D eigenvalue weighted by molar-refractivity contribution is -0.112. The number of Topliss-reactive ketones (excluding diaryl/α,β-unsaturated/α-hetero) is 1. The van der Waals surface area contributed by atoms with E-state index in [-0.39, 0.29) is 11.3 Å². The first kappa shape index (κ1) is 17.5. The van der Waals surface area contributed by atoms with Gasteiger partial charge in [0.05, 0.1) is 22.6 Å². The normalized spacial score (nSPS) is 10.6. The van der Waals surface area contributed by atoms with Crippen molar-refractivity contribution in [3.05, 3.63) is 77.1 Å². The van der Waals surface area contributed by atoms with Crippen molar-refractivity contribution in [3.8, 4) is 5.69 Å². The van der Waals surface area contributed by atoms with Gasteiger partial charge in [0.1, 0.15) is 11.6 Å². The van der Waals surface area contributed by atoms with Crippen molar-refractivity contribution < 1.29 is 18.4 Å². The third-order valence-electron chi connectivity index (χ3n) is 3.85. The lowest BCUT2D eigenvalue weighted by Crippen LogP contribution is -2.24. The molecule has 26 heavy (non-hydrogen) atoms. The van der Waals surface area contributed by atoms with Crippen LogP contribution < -0.4 is 5.32 Å². The van der Waals surface area contributed by atoms with Crippen molar-refractivity contribution in [2.75, 3.05) is 5.32 Å². The smallest absolute Gasteiger partial charge is 0.296 e. The van der Waals surface area contributed by atoms with Crippen LogP contribution in [0.5, 0.6) is 0 Å². The van der Waals surface area contributed by atoms with E-state index in [1.54, 1.807) is 18.5 Å². The predicted molar refractivity (Wildman–Crippen MR) is 92.4 cm³/mol. The molecule has 5 nitrogen and oxygen atoms in total. The van der Waals surface area contributed by atoms with E-state index in [2.05, 4.69) is 10.4 Å². The van der Waals surface area contributed by atoms with E-state index in [9.17, 15) is 18.4 Å². The molecule has 1 aromatic heterocycles. The second kappa shape index (κ2) is 6.87. The zero-order valence-electron chi connectivity index (χ0n) is 14.1. The van der Waals surface area contributed by atoms with Gasteiger partial charge in [-0.25, -0.2) is 13.5 Å². The number of carbonyl (C=O) groups excluding carboxylic acids is 2.